The van der Waals surface area contributed by atoms with Crippen molar-refractivity contribution >= 4 is 27.5 Å². The molecule has 5 heteroatoms. The average Bonchev–Trinajstić information content (AvgIpc) is 2.95. The minimum absolute atomic E-state index is 0.0504. The van der Waals surface area contributed by atoms with Gasteiger partial charge in [-0.1, -0.05) is 12.8 Å². The van der Waals surface area contributed by atoms with Crippen molar-refractivity contribution in [1.82, 2.24) is 10.2 Å². The molecule has 0 heterocycles. The molecule has 1 aliphatic carbocycles. The molecule has 20 heavy (non-hydrogen) atoms. The van der Waals surface area contributed by atoms with E-state index in [1.54, 1.807) is 18.2 Å². The first-order valence-corrected chi connectivity index (χ1v) is 7.90. The van der Waals surface area contributed by atoms with Crippen LogP contribution < -0.4 is 11.1 Å². The van der Waals surface area contributed by atoms with Gasteiger partial charge >= 0.3 is 0 Å². The van der Waals surface area contributed by atoms with E-state index in [1.807, 2.05) is 0 Å². The van der Waals surface area contributed by atoms with E-state index in [2.05, 4.69) is 33.2 Å². The van der Waals surface area contributed by atoms with Crippen molar-refractivity contribution < 1.29 is 4.79 Å². The third-order valence-corrected chi connectivity index (χ3v) is 4.65. The minimum Gasteiger partial charge on any atom is -0.398 e. The van der Waals surface area contributed by atoms with Gasteiger partial charge in [-0.3, -0.25) is 4.79 Å². The van der Waals surface area contributed by atoms with Crippen LogP contribution in [0, 0.1) is 0 Å². The zero-order chi connectivity index (χ0) is 14.5. The number of nitrogens with two attached hydrogens (primary N) is 1. The van der Waals surface area contributed by atoms with Crippen LogP contribution in [-0.4, -0.2) is 37.0 Å². The van der Waals surface area contributed by atoms with Gasteiger partial charge in [-0.2, -0.15) is 0 Å². The highest BCUT2D eigenvalue weighted by Crippen LogP contribution is 2.22. The Morgan fingerprint density at radius 1 is 1.45 bits per heavy atom. The van der Waals surface area contributed by atoms with Gasteiger partial charge < -0.3 is 16.0 Å². The van der Waals surface area contributed by atoms with E-state index in [1.165, 1.54) is 25.7 Å². The summed E-state index contributed by atoms with van der Waals surface area (Å²) in [7, 11) is 2.14. The van der Waals surface area contributed by atoms with E-state index in [4.69, 9.17) is 5.73 Å². The number of nitrogen functional groups attached to an aromatic ring is 1. The molecular formula is C15H22BrN3O. The van der Waals surface area contributed by atoms with Gasteiger partial charge in [0.2, 0.25) is 0 Å². The number of halogens is 1. The van der Waals surface area contributed by atoms with Gasteiger partial charge in [-0.25, -0.2) is 0 Å². The van der Waals surface area contributed by atoms with Gasteiger partial charge in [0.1, 0.15) is 0 Å². The second kappa shape index (κ2) is 7.09. The predicted molar refractivity (Wildman–Crippen MR) is 85.8 cm³/mol. The van der Waals surface area contributed by atoms with Crippen LogP contribution in [-0.2, 0) is 0 Å². The van der Waals surface area contributed by atoms with Gasteiger partial charge in [0.15, 0.2) is 0 Å². The summed E-state index contributed by atoms with van der Waals surface area (Å²) in [5, 5.41) is 2.96. The van der Waals surface area contributed by atoms with E-state index in [0.717, 1.165) is 11.0 Å². The molecule has 1 fully saturated rings. The molecule has 110 valence electrons. The van der Waals surface area contributed by atoms with Crippen LogP contribution >= 0.6 is 15.9 Å². The zero-order valence-electron chi connectivity index (χ0n) is 11.9. The molecule has 0 aliphatic heterocycles. The van der Waals surface area contributed by atoms with E-state index in [0.29, 0.717) is 23.8 Å². The molecule has 0 atom stereocenters. The lowest BCUT2D eigenvalue weighted by Gasteiger charge is -2.23. The smallest absolute Gasteiger partial charge is 0.251 e. The summed E-state index contributed by atoms with van der Waals surface area (Å²) in [6.07, 6.45) is 5.24. The summed E-state index contributed by atoms with van der Waals surface area (Å²) in [4.78, 5) is 14.4. The largest absolute Gasteiger partial charge is 0.398 e. The third-order valence-electron chi connectivity index (χ3n) is 3.96. The Hall–Kier alpha value is -1.07. The molecular weight excluding hydrogens is 318 g/mol. The van der Waals surface area contributed by atoms with Crippen LogP contribution in [0.25, 0.3) is 0 Å². The molecule has 0 aromatic heterocycles. The molecule has 0 saturated heterocycles. The summed E-state index contributed by atoms with van der Waals surface area (Å²) in [6.45, 7) is 1.57. The van der Waals surface area contributed by atoms with E-state index in [9.17, 15) is 4.79 Å². The first kappa shape index (κ1) is 15.3. The van der Waals surface area contributed by atoms with Crippen LogP contribution in [0.3, 0.4) is 0 Å². The van der Waals surface area contributed by atoms with Crippen molar-refractivity contribution in [2.75, 3.05) is 25.9 Å². The fraction of sp³-hybridized carbons (Fsp3) is 0.533. The first-order chi connectivity index (χ1) is 9.58. The molecule has 0 spiro atoms. The quantitative estimate of drug-likeness (QED) is 0.810. The lowest BCUT2D eigenvalue weighted by Crippen LogP contribution is -2.37. The Morgan fingerprint density at radius 2 is 2.15 bits per heavy atom. The van der Waals surface area contributed by atoms with E-state index < -0.39 is 0 Å². The summed E-state index contributed by atoms with van der Waals surface area (Å²) in [5.74, 6) is -0.0504. The Balaban J connectivity index is 1.78. The topological polar surface area (TPSA) is 58.4 Å². The molecule has 1 aromatic rings. The Morgan fingerprint density at radius 3 is 2.80 bits per heavy atom. The molecule has 0 bridgehead atoms. The normalized spacial score (nSPS) is 15.8. The highest BCUT2D eigenvalue weighted by molar-refractivity contribution is 9.10. The Kier molecular flexibility index (Phi) is 5.43. The van der Waals surface area contributed by atoms with E-state index >= 15 is 0 Å². The van der Waals surface area contributed by atoms with Gasteiger partial charge in [0.25, 0.3) is 5.91 Å². The lowest BCUT2D eigenvalue weighted by atomic mass is 10.2. The second-order valence-electron chi connectivity index (χ2n) is 5.41. The molecule has 1 saturated carbocycles. The fourth-order valence-corrected chi connectivity index (χ4v) is 3.02. The molecule has 1 aliphatic rings. The summed E-state index contributed by atoms with van der Waals surface area (Å²) < 4.78 is 0.758. The first-order valence-electron chi connectivity index (χ1n) is 7.11. The standard InChI is InChI=1S/C15H22BrN3O/c1-19(12-4-2-3-5-12)9-8-18-15(20)11-6-7-14(17)13(16)10-11/h6-7,10,12H,2-5,8-9,17H2,1H3,(H,18,20). The molecule has 0 unspecified atom stereocenters. The molecule has 1 amide bonds. The van der Waals surface area contributed by atoms with Crippen molar-refractivity contribution in [2.24, 2.45) is 0 Å². The fourth-order valence-electron chi connectivity index (χ4n) is 2.64. The molecule has 4 nitrogen and oxygen atoms in total. The SMILES string of the molecule is CN(CCNC(=O)c1ccc(N)c(Br)c1)C1CCCC1. The number of carbonyl (C=O) groups is 1. The van der Waals surface area contributed by atoms with Gasteiger partial charge in [0.05, 0.1) is 0 Å². The molecule has 1 aromatic carbocycles. The molecule has 2 rings (SSSR count). The summed E-state index contributed by atoms with van der Waals surface area (Å²) >= 11 is 3.34. The number of nitrogens with zero attached hydrogens (tertiary/aromatic N) is 1. The number of anilines is 1. The maximum absolute atomic E-state index is 12.0. The number of hydrogen-bond donors (Lipinski definition) is 2. The molecule has 0 radical (unpaired) electrons. The van der Waals surface area contributed by atoms with Crippen molar-refractivity contribution in [3.8, 4) is 0 Å². The van der Waals surface area contributed by atoms with Crippen molar-refractivity contribution in [2.45, 2.75) is 31.7 Å². The number of amides is 1. The highest BCUT2D eigenvalue weighted by Gasteiger charge is 2.19. The maximum Gasteiger partial charge on any atom is 0.251 e. The number of nitrogens with one attached hydrogen (secondary N) is 1. The number of likely N-dealkylation sites (N-methyl/N-ethyl adjacent to an activating group) is 1. The maximum atomic E-state index is 12.0. The van der Waals surface area contributed by atoms with Crippen LogP contribution in [0.1, 0.15) is 36.0 Å². The summed E-state index contributed by atoms with van der Waals surface area (Å²) in [5.41, 5.74) is 6.99. The van der Waals surface area contributed by atoms with Crippen molar-refractivity contribution in [3.63, 3.8) is 0 Å². The average molecular weight is 340 g/mol. The lowest BCUT2D eigenvalue weighted by molar-refractivity contribution is 0.0947. The Bertz CT molecular complexity index is 472. The predicted octanol–water partition coefficient (Wildman–Crippen LogP) is 2.64. The number of hydrogen-bond acceptors (Lipinski definition) is 3. The Labute approximate surface area is 128 Å². The van der Waals surface area contributed by atoms with Crippen LogP contribution in [0.5, 0.6) is 0 Å². The number of benzene rings is 1. The number of rotatable bonds is 5. The number of carbonyl (C=O) groups excluding carboxylic acids is 1. The highest BCUT2D eigenvalue weighted by atomic mass is 79.9. The van der Waals surface area contributed by atoms with Crippen LogP contribution in [0.2, 0.25) is 0 Å². The van der Waals surface area contributed by atoms with E-state index in [-0.39, 0.29) is 5.91 Å². The van der Waals surface area contributed by atoms with Crippen molar-refractivity contribution in [1.29, 1.82) is 0 Å². The van der Waals surface area contributed by atoms with Gasteiger partial charge in [-0.05, 0) is 54.0 Å². The second-order valence-corrected chi connectivity index (χ2v) is 6.27. The summed E-state index contributed by atoms with van der Waals surface area (Å²) in [6, 6.07) is 5.93. The van der Waals surface area contributed by atoms with Gasteiger partial charge in [-0.15, -0.1) is 0 Å². The zero-order valence-corrected chi connectivity index (χ0v) is 13.4. The monoisotopic (exact) mass is 339 g/mol. The van der Waals surface area contributed by atoms with Crippen molar-refractivity contribution in [3.05, 3.63) is 28.2 Å². The van der Waals surface area contributed by atoms with Gasteiger partial charge in [0, 0.05) is 34.9 Å². The van der Waals surface area contributed by atoms with Crippen LogP contribution in [0.15, 0.2) is 22.7 Å². The third kappa shape index (κ3) is 3.96. The minimum atomic E-state index is -0.0504. The molecule has 3 N–H and O–H groups in total. The van der Waals surface area contributed by atoms with Crippen LogP contribution in [0.4, 0.5) is 5.69 Å².